The van der Waals surface area contributed by atoms with Crippen molar-refractivity contribution in [3.05, 3.63) is 39.0 Å². The summed E-state index contributed by atoms with van der Waals surface area (Å²) in [7, 11) is 1.61. The number of aryl methyl sites for hydroxylation is 1. The minimum absolute atomic E-state index is 0.124. The molecule has 1 aliphatic carbocycles. The number of carbonyl (C=O) groups is 1. The van der Waals surface area contributed by atoms with Gasteiger partial charge in [0.05, 0.1) is 29.8 Å². The number of ether oxygens (including phenoxy) is 1. The molecule has 1 amide bonds. The van der Waals surface area contributed by atoms with E-state index in [4.69, 9.17) is 4.74 Å². The zero-order valence-corrected chi connectivity index (χ0v) is 14.9. The number of rotatable bonds is 2. The molecule has 1 atom stereocenters. The van der Waals surface area contributed by atoms with Gasteiger partial charge in [0.25, 0.3) is 5.91 Å². The summed E-state index contributed by atoms with van der Waals surface area (Å²) in [6.45, 7) is 3.51. The van der Waals surface area contributed by atoms with Crippen molar-refractivity contribution in [2.24, 2.45) is 5.92 Å². The number of carbonyl (C=O) groups excluding carboxylic acids is 1. The molecule has 0 saturated carbocycles. The average Bonchev–Trinajstić information content (AvgIpc) is 3.03. The molecule has 0 radical (unpaired) electrons. The Balaban J connectivity index is 1.58. The number of aromatic nitrogens is 2. The molecule has 2 aliphatic rings. The summed E-state index contributed by atoms with van der Waals surface area (Å²) < 4.78 is 5.34. The Morgan fingerprint density at radius 1 is 1.38 bits per heavy atom. The highest BCUT2D eigenvalue weighted by Crippen LogP contribution is 2.33. The highest BCUT2D eigenvalue weighted by molar-refractivity contribution is 7.14. The molecular weight excluding hydrogens is 322 g/mol. The van der Waals surface area contributed by atoms with Crippen LogP contribution in [0.1, 0.15) is 44.7 Å². The zero-order chi connectivity index (χ0) is 16.7. The maximum Gasteiger partial charge on any atom is 0.264 e. The molecule has 0 saturated heterocycles. The molecule has 24 heavy (non-hydrogen) atoms. The first-order valence-electron chi connectivity index (χ1n) is 8.43. The van der Waals surface area contributed by atoms with Gasteiger partial charge in [0.2, 0.25) is 5.88 Å². The van der Waals surface area contributed by atoms with Crippen molar-refractivity contribution in [1.82, 2.24) is 14.9 Å². The molecule has 0 fully saturated rings. The van der Waals surface area contributed by atoms with Crippen LogP contribution in [0, 0.1) is 5.92 Å². The first-order chi connectivity index (χ1) is 11.7. The van der Waals surface area contributed by atoms with Crippen LogP contribution in [0.4, 0.5) is 0 Å². The van der Waals surface area contributed by atoms with Crippen LogP contribution in [0.5, 0.6) is 5.88 Å². The molecule has 2 aromatic rings. The van der Waals surface area contributed by atoms with E-state index in [0.717, 1.165) is 41.3 Å². The second kappa shape index (κ2) is 6.16. The predicted molar refractivity (Wildman–Crippen MR) is 92.5 cm³/mol. The molecule has 4 rings (SSSR count). The van der Waals surface area contributed by atoms with Gasteiger partial charge in [-0.2, -0.15) is 0 Å². The average molecular weight is 343 g/mol. The fraction of sp³-hybridized carbons (Fsp3) is 0.500. The fourth-order valence-electron chi connectivity index (χ4n) is 3.63. The lowest BCUT2D eigenvalue weighted by atomic mass is 9.90. The largest absolute Gasteiger partial charge is 0.481 e. The van der Waals surface area contributed by atoms with Crippen LogP contribution in [0.15, 0.2) is 12.4 Å². The third-order valence-corrected chi connectivity index (χ3v) is 6.21. The maximum atomic E-state index is 13.0. The van der Waals surface area contributed by atoms with Crippen molar-refractivity contribution in [2.45, 2.75) is 39.2 Å². The van der Waals surface area contributed by atoms with Gasteiger partial charge in [-0.1, -0.05) is 6.92 Å². The standard InChI is InChI=1S/C18H21N3O2S/c1-11-3-4-15-12(7-11)8-16(24-15)18(22)21-6-5-14-13(9-21)17(23-2)20-10-19-14/h8,10-11H,3-7,9H2,1-2H3/t11-/m1/s1. The first-order valence-corrected chi connectivity index (χ1v) is 9.25. The topological polar surface area (TPSA) is 55.3 Å². The molecule has 0 bridgehead atoms. The molecule has 5 nitrogen and oxygen atoms in total. The van der Waals surface area contributed by atoms with Crippen molar-refractivity contribution < 1.29 is 9.53 Å². The quantitative estimate of drug-likeness (QED) is 0.841. The van der Waals surface area contributed by atoms with E-state index in [1.807, 2.05) is 4.90 Å². The van der Waals surface area contributed by atoms with Crippen molar-refractivity contribution in [1.29, 1.82) is 0 Å². The van der Waals surface area contributed by atoms with Crippen molar-refractivity contribution in [3.63, 3.8) is 0 Å². The highest BCUT2D eigenvalue weighted by atomic mass is 32.1. The SMILES string of the molecule is COc1ncnc2c1CN(C(=O)c1cc3c(s1)CC[C@@H](C)C3)CC2. The summed E-state index contributed by atoms with van der Waals surface area (Å²) in [5.74, 6) is 1.42. The third-order valence-electron chi connectivity index (χ3n) is 4.98. The normalized spacial score (nSPS) is 19.6. The number of methoxy groups -OCH3 is 1. The van der Waals surface area contributed by atoms with Crippen LogP contribution in [-0.2, 0) is 25.8 Å². The van der Waals surface area contributed by atoms with Crippen molar-refractivity contribution in [2.75, 3.05) is 13.7 Å². The fourth-order valence-corrected chi connectivity index (χ4v) is 4.81. The van der Waals surface area contributed by atoms with E-state index in [0.29, 0.717) is 19.0 Å². The Hall–Kier alpha value is -1.95. The highest BCUT2D eigenvalue weighted by Gasteiger charge is 2.28. The second-order valence-electron chi connectivity index (χ2n) is 6.69. The van der Waals surface area contributed by atoms with Gasteiger partial charge in [-0.3, -0.25) is 4.79 Å². The smallest absolute Gasteiger partial charge is 0.264 e. The van der Waals surface area contributed by atoms with Crippen LogP contribution in [-0.4, -0.2) is 34.4 Å². The van der Waals surface area contributed by atoms with E-state index in [1.165, 1.54) is 23.2 Å². The Morgan fingerprint density at radius 3 is 3.08 bits per heavy atom. The third kappa shape index (κ3) is 2.69. The Morgan fingerprint density at radius 2 is 2.25 bits per heavy atom. The van der Waals surface area contributed by atoms with Gasteiger partial charge in [0.1, 0.15) is 6.33 Å². The summed E-state index contributed by atoms with van der Waals surface area (Å²) in [5, 5.41) is 0. The number of nitrogens with zero attached hydrogens (tertiary/aromatic N) is 3. The number of hydrogen-bond acceptors (Lipinski definition) is 5. The molecule has 0 aromatic carbocycles. The summed E-state index contributed by atoms with van der Waals surface area (Å²) in [4.78, 5) is 25.6. The predicted octanol–water partition coefficient (Wildman–Crippen LogP) is 2.87. The lowest BCUT2D eigenvalue weighted by Crippen LogP contribution is -2.36. The van der Waals surface area contributed by atoms with Gasteiger partial charge in [-0.25, -0.2) is 9.97 Å². The van der Waals surface area contributed by atoms with E-state index in [2.05, 4.69) is 23.0 Å². The zero-order valence-electron chi connectivity index (χ0n) is 14.0. The van der Waals surface area contributed by atoms with Gasteiger partial charge in [0.15, 0.2) is 0 Å². The van der Waals surface area contributed by atoms with E-state index in [-0.39, 0.29) is 5.91 Å². The second-order valence-corrected chi connectivity index (χ2v) is 7.83. The molecular formula is C18H21N3O2S. The molecule has 1 aliphatic heterocycles. The summed E-state index contributed by atoms with van der Waals surface area (Å²) in [5.41, 5.74) is 3.31. The van der Waals surface area contributed by atoms with Crippen molar-refractivity contribution in [3.8, 4) is 5.88 Å². The molecule has 3 heterocycles. The van der Waals surface area contributed by atoms with Gasteiger partial charge in [-0.15, -0.1) is 11.3 Å². The summed E-state index contributed by atoms with van der Waals surface area (Å²) >= 11 is 1.68. The van der Waals surface area contributed by atoms with E-state index in [9.17, 15) is 4.79 Å². The van der Waals surface area contributed by atoms with Crippen LogP contribution in [0.2, 0.25) is 0 Å². The van der Waals surface area contributed by atoms with Gasteiger partial charge >= 0.3 is 0 Å². The van der Waals surface area contributed by atoms with Gasteiger partial charge in [-0.05, 0) is 36.8 Å². The summed E-state index contributed by atoms with van der Waals surface area (Å²) in [6.07, 6.45) is 5.72. The van der Waals surface area contributed by atoms with E-state index < -0.39 is 0 Å². The van der Waals surface area contributed by atoms with Crippen molar-refractivity contribution >= 4 is 17.2 Å². The lowest BCUT2D eigenvalue weighted by Gasteiger charge is -2.28. The molecule has 0 unspecified atom stereocenters. The Labute approximate surface area is 145 Å². The van der Waals surface area contributed by atoms with Crippen LogP contribution in [0.25, 0.3) is 0 Å². The molecule has 6 heteroatoms. The Bertz CT molecular complexity index is 772. The number of amides is 1. The molecule has 0 spiro atoms. The monoisotopic (exact) mass is 343 g/mol. The number of hydrogen-bond donors (Lipinski definition) is 0. The van der Waals surface area contributed by atoms with E-state index in [1.54, 1.807) is 18.4 Å². The van der Waals surface area contributed by atoms with Gasteiger partial charge in [0, 0.05) is 17.8 Å². The maximum absolute atomic E-state index is 13.0. The van der Waals surface area contributed by atoms with Crippen LogP contribution < -0.4 is 4.74 Å². The number of fused-ring (bicyclic) bond motifs is 2. The Kier molecular flexibility index (Phi) is 4.00. The molecule has 126 valence electrons. The van der Waals surface area contributed by atoms with E-state index >= 15 is 0 Å². The summed E-state index contributed by atoms with van der Waals surface area (Å²) in [6, 6.07) is 2.12. The number of thiophene rings is 1. The molecule has 0 N–H and O–H groups in total. The minimum atomic E-state index is 0.124. The first kappa shape index (κ1) is 15.6. The van der Waals surface area contributed by atoms with Crippen LogP contribution in [0.3, 0.4) is 0 Å². The minimum Gasteiger partial charge on any atom is -0.481 e. The van der Waals surface area contributed by atoms with Gasteiger partial charge < -0.3 is 9.64 Å². The van der Waals surface area contributed by atoms with Crippen LogP contribution >= 0.6 is 11.3 Å². The lowest BCUT2D eigenvalue weighted by molar-refractivity contribution is 0.0736. The molecule has 2 aromatic heterocycles.